The first-order chi connectivity index (χ1) is 9.77. The molecular weight excluding hydrogens is 244 g/mol. The zero-order valence-electron chi connectivity index (χ0n) is 11.2. The van der Waals surface area contributed by atoms with Crippen LogP contribution >= 0.6 is 0 Å². The molecule has 100 valence electrons. The molecule has 2 aromatic carbocycles. The Labute approximate surface area is 119 Å². The Bertz CT molecular complexity index is 565. The van der Waals surface area contributed by atoms with Crippen LogP contribution in [0.15, 0.2) is 85.0 Å². The average Bonchev–Trinajstić information content (AvgIpc) is 2.53. The van der Waals surface area contributed by atoms with E-state index in [0.29, 0.717) is 0 Å². The number of benzene rings is 2. The van der Waals surface area contributed by atoms with Crippen molar-refractivity contribution in [3.05, 3.63) is 96.1 Å². The number of hydrogen-bond acceptors (Lipinski definition) is 2. The summed E-state index contributed by atoms with van der Waals surface area (Å²) < 4.78 is 0. The van der Waals surface area contributed by atoms with Crippen molar-refractivity contribution in [2.45, 2.75) is 0 Å². The average molecular weight is 262 g/mol. The van der Waals surface area contributed by atoms with E-state index in [1.807, 2.05) is 85.0 Å². The monoisotopic (exact) mass is 262 g/mol. The Kier molecular flexibility index (Phi) is 4.79. The van der Waals surface area contributed by atoms with E-state index in [9.17, 15) is 0 Å². The summed E-state index contributed by atoms with van der Waals surface area (Å²) in [6.45, 7) is 0. The van der Waals surface area contributed by atoms with E-state index in [4.69, 9.17) is 11.5 Å². The summed E-state index contributed by atoms with van der Waals surface area (Å²) in [4.78, 5) is 0. The molecule has 0 saturated heterocycles. The van der Waals surface area contributed by atoms with E-state index in [2.05, 4.69) is 0 Å². The molecule has 4 N–H and O–H groups in total. The second-order valence-corrected chi connectivity index (χ2v) is 4.36. The van der Waals surface area contributed by atoms with E-state index in [1.54, 1.807) is 0 Å². The van der Waals surface area contributed by atoms with Crippen LogP contribution in [0.2, 0.25) is 0 Å². The van der Waals surface area contributed by atoms with Crippen LogP contribution in [0.25, 0.3) is 11.4 Å². The van der Waals surface area contributed by atoms with Gasteiger partial charge < -0.3 is 11.5 Å². The number of nitrogens with two attached hydrogens (primary N) is 2. The van der Waals surface area contributed by atoms with Gasteiger partial charge in [0.2, 0.25) is 0 Å². The molecule has 0 atom stereocenters. The van der Waals surface area contributed by atoms with Crippen molar-refractivity contribution in [2.24, 2.45) is 11.5 Å². The Hall–Kier alpha value is -2.74. The van der Waals surface area contributed by atoms with E-state index in [-0.39, 0.29) is 0 Å². The lowest BCUT2D eigenvalue weighted by Crippen LogP contribution is -1.95. The molecule has 2 heteroatoms. The molecule has 0 bridgehead atoms. The Morgan fingerprint density at radius 3 is 1.30 bits per heavy atom. The minimum Gasteiger partial charge on any atom is -0.398 e. The molecule has 2 nitrogen and oxygen atoms in total. The van der Waals surface area contributed by atoms with Crippen LogP contribution in [0, 0.1) is 0 Å². The molecule has 0 aromatic heterocycles. The molecule has 0 fully saturated rings. The van der Waals surface area contributed by atoms with Gasteiger partial charge in [-0.05, 0) is 23.3 Å². The maximum Gasteiger partial charge on any atom is 0.0387 e. The summed E-state index contributed by atoms with van der Waals surface area (Å²) in [5.74, 6) is 0. The third-order valence-electron chi connectivity index (χ3n) is 2.88. The molecule has 0 amide bonds. The molecule has 0 heterocycles. The highest BCUT2D eigenvalue weighted by Crippen LogP contribution is 2.09. The van der Waals surface area contributed by atoms with Gasteiger partial charge in [0.15, 0.2) is 0 Å². The van der Waals surface area contributed by atoms with Crippen LogP contribution in [0.5, 0.6) is 0 Å². The van der Waals surface area contributed by atoms with Gasteiger partial charge in [-0.2, -0.15) is 0 Å². The van der Waals surface area contributed by atoms with E-state index >= 15 is 0 Å². The van der Waals surface area contributed by atoms with Gasteiger partial charge in [-0.1, -0.05) is 72.8 Å². The maximum absolute atomic E-state index is 5.98. The molecule has 0 aliphatic rings. The fourth-order valence-corrected chi connectivity index (χ4v) is 1.77. The zero-order chi connectivity index (χ0) is 14.2. The lowest BCUT2D eigenvalue weighted by Gasteiger charge is -1.99. The van der Waals surface area contributed by atoms with Crippen molar-refractivity contribution in [3.63, 3.8) is 0 Å². The second kappa shape index (κ2) is 7.00. The van der Waals surface area contributed by atoms with Gasteiger partial charge in [0.1, 0.15) is 0 Å². The van der Waals surface area contributed by atoms with Crippen LogP contribution in [0.3, 0.4) is 0 Å². The number of hydrogen-bond donors (Lipinski definition) is 2. The summed E-state index contributed by atoms with van der Waals surface area (Å²) in [7, 11) is 0. The van der Waals surface area contributed by atoms with Crippen molar-refractivity contribution in [3.8, 4) is 0 Å². The molecule has 2 rings (SSSR count). The predicted octanol–water partition coefficient (Wildman–Crippen LogP) is 3.54. The molecule has 0 saturated carbocycles. The zero-order valence-corrected chi connectivity index (χ0v) is 11.2. The highest BCUT2D eigenvalue weighted by Gasteiger charge is 1.92. The van der Waals surface area contributed by atoms with E-state index in [0.717, 1.165) is 22.5 Å². The highest BCUT2D eigenvalue weighted by molar-refractivity contribution is 5.66. The minimum absolute atomic E-state index is 0.730. The van der Waals surface area contributed by atoms with Gasteiger partial charge in [-0.25, -0.2) is 0 Å². The van der Waals surface area contributed by atoms with E-state index < -0.39 is 0 Å². The van der Waals surface area contributed by atoms with Crippen LogP contribution in [-0.2, 0) is 0 Å². The quantitative estimate of drug-likeness (QED) is 0.828. The number of rotatable bonds is 4. The topological polar surface area (TPSA) is 52.0 Å². The van der Waals surface area contributed by atoms with Gasteiger partial charge in [0.25, 0.3) is 0 Å². The Morgan fingerprint density at radius 2 is 0.950 bits per heavy atom. The van der Waals surface area contributed by atoms with Crippen molar-refractivity contribution in [2.75, 3.05) is 0 Å². The third kappa shape index (κ3) is 3.89. The van der Waals surface area contributed by atoms with Crippen molar-refractivity contribution < 1.29 is 0 Å². The molecule has 2 aromatic rings. The van der Waals surface area contributed by atoms with Gasteiger partial charge in [0.05, 0.1) is 0 Å². The van der Waals surface area contributed by atoms with Crippen LogP contribution < -0.4 is 11.5 Å². The highest BCUT2D eigenvalue weighted by atomic mass is 14.6. The lowest BCUT2D eigenvalue weighted by molar-refractivity contribution is 1.51. The summed E-state index contributed by atoms with van der Waals surface area (Å²) in [6, 6.07) is 19.7. The van der Waals surface area contributed by atoms with Crippen molar-refractivity contribution >= 4 is 11.4 Å². The Morgan fingerprint density at radius 1 is 0.600 bits per heavy atom. The molecule has 0 aliphatic heterocycles. The van der Waals surface area contributed by atoms with Crippen LogP contribution in [0.1, 0.15) is 11.1 Å². The fourth-order valence-electron chi connectivity index (χ4n) is 1.77. The van der Waals surface area contributed by atoms with Gasteiger partial charge >= 0.3 is 0 Å². The minimum atomic E-state index is 0.730. The second-order valence-electron chi connectivity index (χ2n) is 4.36. The summed E-state index contributed by atoms with van der Waals surface area (Å²) in [5, 5.41) is 0. The first-order valence-electron chi connectivity index (χ1n) is 6.48. The van der Waals surface area contributed by atoms with Crippen LogP contribution in [-0.4, -0.2) is 0 Å². The molecule has 0 radical (unpaired) electrons. The number of allylic oxidation sites excluding steroid dienone is 4. The molecule has 0 unspecified atom stereocenters. The van der Waals surface area contributed by atoms with Gasteiger partial charge in [0, 0.05) is 11.4 Å². The predicted molar refractivity (Wildman–Crippen MR) is 86.4 cm³/mol. The standard InChI is InChI=1S/C18H18N2/c19-17(15-9-3-1-4-10-15)13-7-8-14-18(20)16-11-5-2-6-12-16/h1-14H,19-20H2. The molecule has 20 heavy (non-hydrogen) atoms. The lowest BCUT2D eigenvalue weighted by atomic mass is 10.1. The molecular formula is C18H18N2. The van der Waals surface area contributed by atoms with Crippen molar-refractivity contribution in [1.29, 1.82) is 0 Å². The largest absolute Gasteiger partial charge is 0.398 e. The normalized spacial score (nSPS) is 12.8. The fraction of sp³-hybridized carbons (Fsp3) is 0. The maximum atomic E-state index is 5.98. The summed E-state index contributed by atoms with van der Waals surface area (Å²) in [5.41, 5.74) is 15.4. The molecule has 0 spiro atoms. The molecule has 0 aliphatic carbocycles. The summed E-state index contributed by atoms with van der Waals surface area (Å²) in [6.07, 6.45) is 7.50. The first-order valence-corrected chi connectivity index (χ1v) is 6.48. The third-order valence-corrected chi connectivity index (χ3v) is 2.88. The van der Waals surface area contributed by atoms with Gasteiger partial charge in [-0.15, -0.1) is 0 Å². The SMILES string of the molecule is NC(=CC=CC=C(N)c1ccccc1)c1ccccc1. The summed E-state index contributed by atoms with van der Waals surface area (Å²) >= 11 is 0. The van der Waals surface area contributed by atoms with Crippen LogP contribution in [0.4, 0.5) is 0 Å². The first kappa shape index (κ1) is 13.7. The smallest absolute Gasteiger partial charge is 0.0387 e. The van der Waals surface area contributed by atoms with E-state index in [1.165, 1.54) is 0 Å². The van der Waals surface area contributed by atoms with Gasteiger partial charge in [-0.3, -0.25) is 0 Å². The van der Waals surface area contributed by atoms with Crippen molar-refractivity contribution in [1.82, 2.24) is 0 Å². The Balaban J connectivity index is 2.04.